The van der Waals surface area contributed by atoms with E-state index in [2.05, 4.69) is 48.6 Å². The van der Waals surface area contributed by atoms with E-state index >= 15 is 0 Å². The maximum absolute atomic E-state index is 10.3. The van der Waals surface area contributed by atoms with E-state index < -0.39 is 0 Å². The van der Waals surface area contributed by atoms with Gasteiger partial charge in [-0.25, -0.2) is 0 Å². The average molecular weight is 396 g/mol. The summed E-state index contributed by atoms with van der Waals surface area (Å²) < 4.78 is 0. The van der Waals surface area contributed by atoms with Crippen LogP contribution in [0.4, 0.5) is 11.4 Å². The molecule has 2 rings (SSSR count). The highest BCUT2D eigenvalue weighted by Gasteiger charge is 2.06. The number of nitrogens with one attached hydrogen (secondary N) is 1. The third kappa shape index (κ3) is 11.1. The molecule has 0 aromatic heterocycles. The summed E-state index contributed by atoms with van der Waals surface area (Å²) in [4.78, 5) is 0. The van der Waals surface area contributed by atoms with E-state index in [4.69, 9.17) is 0 Å². The standard InChI is InChI=1S/C27H41NO/c1-2-3-4-5-6-7-8-9-10-11-15-18-27(29)23-24-19-21-26(22-20-24)28-25-16-13-12-14-17-25/h12-14,16-17,19-22,27-29H,2-11,15,18,23H2,1H3. The van der Waals surface area contributed by atoms with Crippen molar-refractivity contribution in [2.75, 3.05) is 5.32 Å². The fourth-order valence-corrected chi connectivity index (χ4v) is 3.83. The van der Waals surface area contributed by atoms with E-state index in [1.54, 1.807) is 0 Å². The monoisotopic (exact) mass is 395 g/mol. The summed E-state index contributed by atoms with van der Waals surface area (Å²) in [6.45, 7) is 2.28. The molecule has 0 heterocycles. The molecule has 0 aliphatic carbocycles. The molecule has 1 unspecified atom stereocenters. The highest BCUT2D eigenvalue weighted by Crippen LogP contribution is 2.18. The topological polar surface area (TPSA) is 32.3 Å². The van der Waals surface area contributed by atoms with Gasteiger partial charge in [-0.2, -0.15) is 0 Å². The Morgan fingerprint density at radius 3 is 1.76 bits per heavy atom. The number of aliphatic hydroxyl groups is 1. The number of unbranched alkanes of at least 4 members (excludes halogenated alkanes) is 10. The van der Waals surface area contributed by atoms with Crippen LogP contribution in [0.1, 0.15) is 89.5 Å². The van der Waals surface area contributed by atoms with Crippen LogP contribution in [0.15, 0.2) is 54.6 Å². The first-order valence-electron chi connectivity index (χ1n) is 11.9. The lowest BCUT2D eigenvalue weighted by molar-refractivity contribution is 0.161. The highest BCUT2D eigenvalue weighted by atomic mass is 16.3. The van der Waals surface area contributed by atoms with Gasteiger partial charge in [-0.3, -0.25) is 0 Å². The van der Waals surface area contributed by atoms with Crippen LogP contribution in [-0.2, 0) is 6.42 Å². The molecule has 0 saturated heterocycles. The summed E-state index contributed by atoms with van der Waals surface area (Å²) in [5, 5.41) is 13.7. The van der Waals surface area contributed by atoms with Crippen LogP contribution in [-0.4, -0.2) is 11.2 Å². The molecule has 29 heavy (non-hydrogen) atoms. The minimum Gasteiger partial charge on any atom is -0.393 e. The molecule has 2 aromatic rings. The van der Waals surface area contributed by atoms with Gasteiger partial charge in [-0.15, -0.1) is 0 Å². The second-order valence-corrected chi connectivity index (χ2v) is 8.37. The number of hydrogen-bond acceptors (Lipinski definition) is 2. The molecule has 2 aromatic carbocycles. The molecular weight excluding hydrogens is 354 g/mol. The minimum atomic E-state index is -0.221. The van der Waals surface area contributed by atoms with Gasteiger partial charge in [-0.05, 0) is 42.7 Å². The van der Waals surface area contributed by atoms with Crippen molar-refractivity contribution in [1.82, 2.24) is 0 Å². The summed E-state index contributed by atoms with van der Waals surface area (Å²) >= 11 is 0. The molecule has 0 aliphatic heterocycles. The Hall–Kier alpha value is -1.80. The van der Waals surface area contributed by atoms with Crippen molar-refractivity contribution < 1.29 is 5.11 Å². The van der Waals surface area contributed by atoms with Gasteiger partial charge in [0, 0.05) is 11.4 Å². The van der Waals surface area contributed by atoms with Crippen LogP contribution < -0.4 is 5.32 Å². The highest BCUT2D eigenvalue weighted by molar-refractivity contribution is 5.59. The van der Waals surface area contributed by atoms with Gasteiger partial charge in [0.2, 0.25) is 0 Å². The summed E-state index contributed by atoms with van der Waals surface area (Å²) in [7, 11) is 0. The lowest BCUT2D eigenvalue weighted by Crippen LogP contribution is -2.10. The maximum atomic E-state index is 10.3. The van der Waals surface area contributed by atoms with Crippen LogP contribution in [0.5, 0.6) is 0 Å². The van der Waals surface area contributed by atoms with Crippen LogP contribution in [0, 0.1) is 0 Å². The molecule has 160 valence electrons. The molecule has 0 bridgehead atoms. The van der Waals surface area contributed by atoms with E-state index in [0.29, 0.717) is 0 Å². The number of anilines is 2. The van der Waals surface area contributed by atoms with Crippen molar-refractivity contribution in [2.24, 2.45) is 0 Å². The Balaban J connectivity index is 1.50. The van der Waals surface area contributed by atoms with Crippen molar-refractivity contribution in [3.05, 3.63) is 60.2 Å². The predicted molar refractivity (Wildman–Crippen MR) is 127 cm³/mol. The largest absolute Gasteiger partial charge is 0.393 e. The molecule has 0 amide bonds. The van der Waals surface area contributed by atoms with Gasteiger partial charge < -0.3 is 10.4 Å². The minimum absolute atomic E-state index is 0.221. The number of benzene rings is 2. The molecule has 2 heteroatoms. The molecule has 2 nitrogen and oxygen atoms in total. The van der Waals surface area contributed by atoms with Crippen molar-refractivity contribution in [3.8, 4) is 0 Å². The van der Waals surface area contributed by atoms with Crippen LogP contribution in [0.25, 0.3) is 0 Å². The first-order chi connectivity index (χ1) is 14.3. The van der Waals surface area contributed by atoms with Crippen molar-refractivity contribution in [1.29, 1.82) is 0 Å². The molecule has 2 N–H and O–H groups in total. The zero-order valence-corrected chi connectivity index (χ0v) is 18.4. The molecule has 0 spiro atoms. The third-order valence-corrected chi connectivity index (χ3v) is 5.63. The normalized spacial score (nSPS) is 12.1. The fraction of sp³-hybridized carbons (Fsp3) is 0.556. The Bertz CT molecular complexity index is 623. The molecule has 0 aliphatic rings. The average Bonchev–Trinajstić information content (AvgIpc) is 2.74. The Morgan fingerprint density at radius 1 is 0.655 bits per heavy atom. The molecule has 0 saturated carbocycles. The van der Waals surface area contributed by atoms with E-state index in [9.17, 15) is 5.11 Å². The van der Waals surface area contributed by atoms with E-state index in [-0.39, 0.29) is 6.10 Å². The quantitative estimate of drug-likeness (QED) is 0.282. The SMILES string of the molecule is CCCCCCCCCCCCCC(O)Cc1ccc(Nc2ccccc2)cc1. The zero-order valence-electron chi connectivity index (χ0n) is 18.4. The number of rotatable bonds is 16. The Labute approximate surface area is 178 Å². The van der Waals surface area contributed by atoms with Gasteiger partial charge in [-0.1, -0.05) is 108 Å². The first-order valence-corrected chi connectivity index (χ1v) is 11.9. The van der Waals surface area contributed by atoms with Crippen molar-refractivity contribution in [3.63, 3.8) is 0 Å². The second-order valence-electron chi connectivity index (χ2n) is 8.37. The summed E-state index contributed by atoms with van der Waals surface area (Å²) in [5.74, 6) is 0. The molecule has 1 atom stereocenters. The third-order valence-electron chi connectivity index (χ3n) is 5.63. The van der Waals surface area contributed by atoms with Crippen molar-refractivity contribution in [2.45, 2.75) is 96.5 Å². The first kappa shape index (κ1) is 23.5. The smallest absolute Gasteiger partial charge is 0.0580 e. The van der Waals surface area contributed by atoms with E-state index in [1.807, 2.05) is 18.2 Å². The summed E-state index contributed by atoms with van der Waals surface area (Å²) in [6.07, 6.45) is 16.3. The van der Waals surface area contributed by atoms with Crippen LogP contribution in [0.2, 0.25) is 0 Å². The van der Waals surface area contributed by atoms with Crippen LogP contribution in [0.3, 0.4) is 0 Å². The molecule has 0 fully saturated rings. The summed E-state index contributed by atoms with van der Waals surface area (Å²) in [6, 6.07) is 18.6. The zero-order chi connectivity index (χ0) is 20.6. The second kappa shape index (κ2) is 15.1. The van der Waals surface area contributed by atoms with Gasteiger partial charge in [0.25, 0.3) is 0 Å². The summed E-state index contributed by atoms with van der Waals surface area (Å²) in [5.41, 5.74) is 3.38. The lowest BCUT2D eigenvalue weighted by atomic mass is 10.0. The number of hydrogen-bond donors (Lipinski definition) is 2. The van der Waals surface area contributed by atoms with Gasteiger partial charge in [0.1, 0.15) is 0 Å². The van der Waals surface area contributed by atoms with Gasteiger partial charge in [0.15, 0.2) is 0 Å². The van der Waals surface area contributed by atoms with E-state index in [0.717, 1.165) is 30.6 Å². The Kier molecular flexibility index (Phi) is 12.2. The number of para-hydroxylation sites is 1. The lowest BCUT2D eigenvalue weighted by Gasteiger charge is -2.12. The Morgan fingerprint density at radius 2 is 1.17 bits per heavy atom. The van der Waals surface area contributed by atoms with Crippen molar-refractivity contribution >= 4 is 11.4 Å². The maximum Gasteiger partial charge on any atom is 0.0580 e. The van der Waals surface area contributed by atoms with Crippen LogP contribution >= 0.6 is 0 Å². The predicted octanol–water partition coefficient (Wildman–Crippen LogP) is 8.03. The molecule has 0 radical (unpaired) electrons. The van der Waals surface area contributed by atoms with E-state index in [1.165, 1.54) is 69.8 Å². The fourth-order valence-electron chi connectivity index (χ4n) is 3.83. The molecular formula is C27H41NO. The van der Waals surface area contributed by atoms with Gasteiger partial charge in [0.05, 0.1) is 6.10 Å². The number of aliphatic hydroxyl groups excluding tert-OH is 1. The van der Waals surface area contributed by atoms with Gasteiger partial charge >= 0.3 is 0 Å².